The third-order valence-electron chi connectivity index (χ3n) is 2.63. The summed E-state index contributed by atoms with van der Waals surface area (Å²) in [5, 5.41) is 2.72. The third kappa shape index (κ3) is 2.29. The van der Waals surface area contributed by atoms with E-state index in [-0.39, 0.29) is 5.91 Å². The smallest absolute Gasteiger partial charge is 0.254 e. The molecule has 0 atom stereocenters. The molecule has 1 aromatic rings. The van der Waals surface area contributed by atoms with Crippen molar-refractivity contribution in [1.82, 2.24) is 15.3 Å². The molecule has 2 rings (SSSR count). The number of hydrogen-bond acceptors (Lipinski definition) is 4. The lowest BCUT2D eigenvalue weighted by molar-refractivity contribution is 0.0955. The van der Waals surface area contributed by atoms with Gasteiger partial charge in [-0.1, -0.05) is 0 Å². The summed E-state index contributed by atoms with van der Waals surface area (Å²) >= 11 is 0. The maximum atomic E-state index is 11.5. The van der Waals surface area contributed by atoms with Crippen molar-refractivity contribution >= 4 is 11.9 Å². The molecule has 16 heavy (non-hydrogen) atoms. The van der Waals surface area contributed by atoms with Gasteiger partial charge in [-0.25, -0.2) is 9.97 Å². The predicted octanol–water partition coefficient (Wildman–Crippen LogP) is 0.827. The van der Waals surface area contributed by atoms with Crippen LogP contribution in [0.25, 0.3) is 0 Å². The second kappa shape index (κ2) is 4.92. The highest BCUT2D eigenvalue weighted by atomic mass is 16.1. The molecule has 1 aliphatic heterocycles. The van der Waals surface area contributed by atoms with E-state index in [4.69, 9.17) is 0 Å². The van der Waals surface area contributed by atoms with Gasteiger partial charge in [0.25, 0.3) is 5.91 Å². The number of rotatable bonds is 3. The van der Waals surface area contributed by atoms with E-state index in [1.54, 1.807) is 12.4 Å². The van der Waals surface area contributed by atoms with Crippen LogP contribution in [0.1, 0.15) is 30.1 Å². The minimum absolute atomic E-state index is 0.115. The van der Waals surface area contributed by atoms with E-state index in [2.05, 4.69) is 20.2 Å². The number of amides is 1. The Hall–Kier alpha value is -1.65. The van der Waals surface area contributed by atoms with Gasteiger partial charge in [0.1, 0.15) is 0 Å². The van der Waals surface area contributed by atoms with Gasteiger partial charge in [-0.3, -0.25) is 4.79 Å². The van der Waals surface area contributed by atoms with Crippen molar-refractivity contribution in [2.75, 3.05) is 24.5 Å². The molecule has 5 heteroatoms. The van der Waals surface area contributed by atoms with Crippen LogP contribution >= 0.6 is 0 Å². The van der Waals surface area contributed by atoms with Crippen LogP contribution in [-0.4, -0.2) is 35.5 Å². The summed E-state index contributed by atoms with van der Waals surface area (Å²) in [7, 11) is 0. The Morgan fingerprint density at radius 2 is 2.00 bits per heavy atom. The number of hydrogen-bond donors (Lipinski definition) is 1. The second-order valence-electron chi connectivity index (χ2n) is 3.83. The third-order valence-corrected chi connectivity index (χ3v) is 2.63. The minimum atomic E-state index is -0.115. The Bertz CT molecular complexity index is 357. The van der Waals surface area contributed by atoms with E-state index in [1.165, 1.54) is 12.8 Å². The minimum Gasteiger partial charge on any atom is -0.352 e. The van der Waals surface area contributed by atoms with Crippen LogP contribution in [0, 0.1) is 0 Å². The van der Waals surface area contributed by atoms with Gasteiger partial charge in [0.15, 0.2) is 0 Å². The molecule has 0 aliphatic carbocycles. The largest absolute Gasteiger partial charge is 0.352 e. The van der Waals surface area contributed by atoms with Crippen LogP contribution in [-0.2, 0) is 0 Å². The van der Waals surface area contributed by atoms with Crippen LogP contribution in [0.2, 0.25) is 0 Å². The number of carbonyl (C=O) groups is 1. The lowest BCUT2D eigenvalue weighted by Gasteiger charge is -2.14. The van der Waals surface area contributed by atoms with Crippen molar-refractivity contribution in [3.05, 3.63) is 18.0 Å². The molecule has 1 aliphatic rings. The molecule has 1 aromatic heterocycles. The molecule has 86 valence electrons. The van der Waals surface area contributed by atoms with Crippen LogP contribution in [0.5, 0.6) is 0 Å². The normalized spacial score (nSPS) is 15.2. The Labute approximate surface area is 94.9 Å². The number of nitrogens with zero attached hydrogens (tertiary/aromatic N) is 3. The Morgan fingerprint density at radius 3 is 2.56 bits per heavy atom. The predicted molar refractivity (Wildman–Crippen MR) is 61.5 cm³/mol. The van der Waals surface area contributed by atoms with Gasteiger partial charge in [-0.05, 0) is 19.8 Å². The lowest BCUT2D eigenvalue weighted by atomic mass is 10.3. The maximum Gasteiger partial charge on any atom is 0.254 e. The molecule has 1 fully saturated rings. The van der Waals surface area contributed by atoms with Crippen molar-refractivity contribution in [3.63, 3.8) is 0 Å². The summed E-state index contributed by atoms with van der Waals surface area (Å²) in [5.41, 5.74) is 0.518. The first kappa shape index (κ1) is 10.9. The van der Waals surface area contributed by atoms with Crippen LogP contribution < -0.4 is 10.2 Å². The molecule has 0 unspecified atom stereocenters. The first-order valence-electron chi connectivity index (χ1n) is 5.66. The van der Waals surface area contributed by atoms with Crippen LogP contribution in [0.15, 0.2) is 12.4 Å². The number of nitrogens with one attached hydrogen (secondary N) is 1. The maximum absolute atomic E-state index is 11.5. The first-order chi connectivity index (χ1) is 7.81. The summed E-state index contributed by atoms with van der Waals surface area (Å²) in [4.78, 5) is 22.0. The molecule has 1 N–H and O–H groups in total. The SMILES string of the molecule is CCNC(=O)c1cnc(N2CCCC2)nc1. The zero-order valence-corrected chi connectivity index (χ0v) is 9.44. The van der Waals surface area contributed by atoms with Gasteiger partial charge < -0.3 is 10.2 Å². The quantitative estimate of drug-likeness (QED) is 0.819. The zero-order chi connectivity index (χ0) is 11.4. The zero-order valence-electron chi connectivity index (χ0n) is 9.44. The van der Waals surface area contributed by atoms with Gasteiger partial charge in [0.2, 0.25) is 5.95 Å². The second-order valence-corrected chi connectivity index (χ2v) is 3.83. The molecule has 0 spiro atoms. The highest BCUT2D eigenvalue weighted by Gasteiger charge is 2.15. The first-order valence-corrected chi connectivity index (χ1v) is 5.66. The van der Waals surface area contributed by atoms with Gasteiger partial charge >= 0.3 is 0 Å². The molecule has 0 aromatic carbocycles. The average Bonchev–Trinajstić information content (AvgIpc) is 2.83. The summed E-state index contributed by atoms with van der Waals surface area (Å²) in [6.45, 7) is 4.53. The van der Waals surface area contributed by atoms with E-state index in [0.717, 1.165) is 19.0 Å². The van der Waals surface area contributed by atoms with Crippen molar-refractivity contribution in [1.29, 1.82) is 0 Å². The highest BCUT2D eigenvalue weighted by Crippen LogP contribution is 2.14. The molecule has 1 saturated heterocycles. The molecular weight excluding hydrogens is 204 g/mol. The fourth-order valence-electron chi connectivity index (χ4n) is 1.78. The summed E-state index contributed by atoms with van der Waals surface area (Å²) in [5.74, 6) is 0.612. The molecule has 0 saturated carbocycles. The van der Waals surface area contributed by atoms with Crippen molar-refractivity contribution in [3.8, 4) is 0 Å². The molecular formula is C11H16N4O. The average molecular weight is 220 g/mol. The van der Waals surface area contributed by atoms with Crippen molar-refractivity contribution in [2.24, 2.45) is 0 Å². The summed E-state index contributed by atoms with van der Waals surface area (Å²) < 4.78 is 0. The van der Waals surface area contributed by atoms with E-state index in [1.807, 2.05) is 6.92 Å². The number of aromatic nitrogens is 2. The van der Waals surface area contributed by atoms with Gasteiger partial charge in [0, 0.05) is 32.0 Å². The monoisotopic (exact) mass is 220 g/mol. The van der Waals surface area contributed by atoms with Crippen molar-refractivity contribution in [2.45, 2.75) is 19.8 Å². The number of anilines is 1. The molecule has 2 heterocycles. The molecule has 0 bridgehead atoms. The van der Waals surface area contributed by atoms with Gasteiger partial charge in [-0.15, -0.1) is 0 Å². The fraction of sp³-hybridized carbons (Fsp3) is 0.545. The van der Waals surface area contributed by atoms with Crippen LogP contribution in [0.4, 0.5) is 5.95 Å². The standard InChI is InChI=1S/C11H16N4O/c1-2-12-10(16)9-7-13-11(14-8-9)15-5-3-4-6-15/h7-8H,2-6H2,1H3,(H,12,16). The van der Waals surface area contributed by atoms with Crippen LogP contribution in [0.3, 0.4) is 0 Å². The highest BCUT2D eigenvalue weighted by molar-refractivity contribution is 5.93. The fourth-order valence-corrected chi connectivity index (χ4v) is 1.78. The molecule has 5 nitrogen and oxygen atoms in total. The number of carbonyl (C=O) groups excluding carboxylic acids is 1. The Kier molecular flexibility index (Phi) is 3.34. The van der Waals surface area contributed by atoms with Gasteiger partial charge in [-0.2, -0.15) is 0 Å². The van der Waals surface area contributed by atoms with E-state index in [0.29, 0.717) is 12.1 Å². The van der Waals surface area contributed by atoms with Gasteiger partial charge in [0.05, 0.1) is 5.56 Å². The van der Waals surface area contributed by atoms with E-state index < -0.39 is 0 Å². The lowest BCUT2D eigenvalue weighted by Crippen LogP contribution is -2.24. The summed E-state index contributed by atoms with van der Waals surface area (Å²) in [6, 6.07) is 0. The van der Waals surface area contributed by atoms with E-state index >= 15 is 0 Å². The Morgan fingerprint density at radius 1 is 1.38 bits per heavy atom. The summed E-state index contributed by atoms with van der Waals surface area (Å²) in [6.07, 6.45) is 5.57. The molecule has 1 amide bonds. The Balaban J connectivity index is 2.06. The van der Waals surface area contributed by atoms with Crippen molar-refractivity contribution < 1.29 is 4.79 Å². The topological polar surface area (TPSA) is 58.1 Å². The van der Waals surface area contributed by atoms with E-state index in [9.17, 15) is 4.79 Å². The molecule has 0 radical (unpaired) electrons.